The van der Waals surface area contributed by atoms with Crippen LogP contribution in [0.1, 0.15) is 23.2 Å². The molecule has 1 saturated heterocycles. The van der Waals surface area contributed by atoms with Crippen molar-refractivity contribution in [1.82, 2.24) is 10.6 Å². The summed E-state index contributed by atoms with van der Waals surface area (Å²) in [5.74, 6) is -0.407. The quantitative estimate of drug-likeness (QED) is 0.447. The smallest absolute Gasteiger partial charge is 0.293 e. The molecule has 1 heterocycles. The lowest BCUT2D eigenvalue weighted by Crippen LogP contribution is -2.34. The number of nitro groups is 1. The Morgan fingerprint density at radius 3 is 2.78 bits per heavy atom. The van der Waals surface area contributed by atoms with Crippen molar-refractivity contribution in [2.24, 2.45) is 5.92 Å². The molecule has 4 N–H and O–H groups in total. The van der Waals surface area contributed by atoms with Crippen molar-refractivity contribution in [3.8, 4) is 0 Å². The second-order valence-corrected chi connectivity index (χ2v) is 6.10. The predicted octanol–water partition coefficient (Wildman–Crippen LogP) is 0.479. The van der Waals surface area contributed by atoms with E-state index in [0.29, 0.717) is 31.4 Å². The highest BCUT2D eigenvalue weighted by molar-refractivity contribution is 5.95. The second kappa shape index (κ2) is 6.51. The molecule has 1 aromatic carbocycles. The van der Waals surface area contributed by atoms with Crippen LogP contribution in [0.4, 0.5) is 11.4 Å². The van der Waals surface area contributed by atoms with Gasteiger partial charge in [0.2, 0.25) is 0 Å². The Morgan fingerprint density at radius 2 is 2.17 bits per heavy atom. The number of β-amino-alcohol motifs (C(OH)–C–C–N with tert-alkyl or cyclic N) is 1. The van der Waals surface area contributed by atoms with E-state index < -0.39 is 11.0 Å². The van der Waals surface area contributed by atoms with Gasteiger partial charge in [-0.2, -0.15) is 0 Å². The first-order valence-electron chi connectivity index (χ1n) is 7.76. The van der Waals surface area contributed by atoms with Gasteiger partial charge in [-0.1, -0.05) is 0 Å². The van der Waals surface area contributed by atoms with E-state index in [1.807, 2.05) is 0 Å². The number of nitrogens with zero attached hydrogens (tertiary/aromatic N) is 1. The fourth-order valence-corrected chi connectivity index (χ4v) is 2.65. The molecule has 2 fully saturated rings. The van der Waals surface area contributed by atoms with Crippen LogP contribution in [0.25, 0.3) is 0 Å². The number of carbonyl (C=O) groups excluding carboxylic acids is 1. The number of amides is 1. The zero-order chi connectivity index (χ0) is 16.4. The summed E-state index contributed by atoms with van der Waals surface area (Å²) in [5, 5.41) is 29.8. The van der Waals surface area contributed by atoms with Crippen molar-refractivity contribution < 1.29 is 14.8 Å². The van der Waals surface area contributed by atoms with Crippen LogP contribution in [0.2, 0.25) is 0 Å². The number of anilines is 1. The molecule has 1 amide bonds. The number of nitrogens with one attached hydrogen (secondary N) is 3. The van der Waals surface area contributed by atoms with Gasteiger partial charge in [-0.3, -0.25) is 14.9 Å². The van der Waals surface area contributed by atoms with Crippen LogP contribution in [0, 0.1) is 16.0 Å². The highest BCUT2D eigenvalue weighted by atomic mass is 16.6. The zero-order valence-corrected chi connectivity index (χ0v) is 12.6. The molecule has 3 rings (SSSR count). The molecule has 1 aromatic rings. The summed E-state index contributed by atoms with van der Waals surface area (Å²) in [6.45, 7) is 1.50. The molecule has 2 atom stereocenters. The van der Waals surface area contributed by atoms with Crippen molar-refractivity contribution in [2.75, 3.05) is 25.0 Å². The molecular weight excluding hydrogens is 300 g/mol. The Balaban J connectivity index is 1.67. The minimum absolute atomic E-state index is 0.0373. The fraction of sp³-hybridized carbons (Fsp3) is 0.533. The van der Waals surface area contributed by atoms with Crippen LogP contribution in [-0.4, -0.2) is 47.7 Å². The van der Waals surface area contributed by atoms with Gasteiger partial charge in [0.05, 0.1) is 11.0 Å². The van der Waals surface area contributed by atoms with Crippen LogP contribution in [0.3, 0.4) is 0 Å². The van der Waals surface area contributed by atoms with E-state index in [2.05, 4.69) is 16.0 Å². The number of aliphatic hydroxyl groups is 1. The summed E-state index contributed by atoms with van der Waals surface area (Å²) in [7, 11) is 0. The molecular formula is C15H20N4O4. The summed E-state index contributed by atoms with van der Waals surface area (Å²) in [4.78, 5) is 22.9. The van der Waals surface area contributed by atoms with Gasteiger partial charge in [-0.05, 0) is 25.0 Å². The zero-order valence-electron chi connectivity index (χ0n) is 12.6. The van der Waals surface area contributed by atoms with E-state index in [1.54, 1.807) is 12.1 Å². The first-order valence-corrected chi connectivity index (χ1v) is 7.76. The summed E-state index contributed by atoms with van der Waals surface area (Å²) in [5.41, 5.74) is 0.607. The predicted molar refractivity (Wildman–Crippen MR) is 84.4 cm³/mol. The standard InChI is InChI=1S/C15H20N4O4/c20-14-8-16-6-10(14)7-17-15(21)9-1-4-12(18-11-2-3-11)13(5-9)19(22)23/h1,4-5,10-11,14,16,18,20H,2-3,6-8H2,(H,17,21). The van der Waals surface area contributed by atoms with E-state index in [1.165, 1.54) is 6.07 Å². The second-order valence-electron chi connectivity index (χ2n) is 6.10. The third-order valence-corrected chi connectivity index (χ3v) is 4.22. The molecule has 1 saturated carbocycles. The molecule has 8 heteroatoms. The Labute approximate surface area is 133 Å². The van der Waals surface area contributed by atoms with Gasteiger partial charge < -0.3 is 21.1 Å². The maximum Gasteiger partial charge on any atom is 0.293 e. The molecule has 0 spiro atoms. The molecule has 1 aliphatic carbocycles. The van der Waals surface area contributed by atoms with Gasteiger partial charge in [-0.25, -0.2) is 0 Å². The van der Waals surface area contributed by atoms with Crippen LogP contribution in [-0.2, 0) is 0 Å². The molecule has 0 aromatic heterocycles. The minimum Gasteiger partial charge on any atom is -0.391 e. The Morgan fingerprint density at radius 1 is 1.39 bits per heavy atom. The highest BCUT2D eigenvalue weighted by Crippen LogP contribution is 2.31. The molecule has 0 bridgehead atoms. The Kier molecular flexibility index (Phi) is 4.44. The summed E-state index contributed by atoms with van der Waals surface area (Å²) in [6, 6.07) is 4.75. The number of carbonyl (C=O) groups is 1. The van der Waals surface area contributed by atoms with Crippen molar-refractivity contribution in [3.63, 3.8) is 0 Å². The first kappa shape index (κ1) is 15.7. The van der Waals surface area contributed by atoms with Gasteiger partial charge in [0.15, 0.2) is 0 Å². The van der Waals surface area contributed by atoms with Crippen LogP contribution < -0.4 is 16.0 Å². The van der Waals surface area contributed by atoms with Crippen LogP contribution in [0.5, 0.6) is 0 Å². The van der Waals surface area contributed by atoms with E-state index >= 15 is 0 Å². The van der Waals surface area contributed by atoms with Crippen molar-refractivity contribution in [2.45, 2.75) is 25.0 Å². The number of rotatable bonds is 6. The van der Waals surface area contributed by atoms with Gasteiger partial charge in [0, 0.05) is 43.2 Å². The van der Waals surface area contributed by atoms with E-state index in [4.69, 9.17) is 0 Å². The molecule has 1 aliphatic heterocycles. The largest absolute Gasteiger partial charge is 0.391 e. The third kappa shape index (κ3) is 3.77. The molecule has 2 aliphatic rings. The summed E-state index contributed by atoms with van der Waals surface area (Å²) < 4.78 is 0. The maximum atomic E-state index is 12.2. The van der Waals surface area contributed by atoms with Crippen molar-refractivity contribution >= 4 is 17.3 Å². The molecule has 23 heavy (non-hydrogen) atoms. The lowest BCUT2D eigenvalue weighted by Gasteiger charge is -2.14. The van der Waals surface area contributed by atoms with Gasteiger partial charge in [0.1, 0.15) is 5.69 Å². The molecule has 2 unspecified atom stereocenters. The van der Waals surface area contributed by atoms with Gasteiger partial charge in [-0.15, -0.1) is 0 Å². The van der Waals surface area contributed by atoms with Crippen LogP contribution >= 0.6 is 0 Å². The van der Waals surface area contributed by atoms with Gasteiger partial charge in [0.25, 0.3) is 11.6 Å². The highest BCUT2D eigenvalue weighted by Gasteiger charge is 2.27. The van der Waals surface area contributed by atoms with Crippen molar-refractivity contribution in [1.29, 1.82) is 0 Å². The monoisotopic (exact) mass is 320 g/mol. The van der Waals surface area contributed by atoms with E-state index in [9.17, 15) is 20.0 Å². The molecule has 0 radical (unpaired) electrons. The Bertz CT molecular complexity index is 617. The average molecular weight is 320 g/mol. The normalized spacial score (nSPS) is 23.5. The summed E-state index contributed by atoms with van der Waals surface area (Å²) >= 11 is 0. The fourth-order valence-electron chi connectivity index (χ4n) is 2.65. The lowest BCUT2D eigenvalue weighted by molar-refractivity contribution is -0.384. The SMILES string of the molecule is O=C(NCC1CNCC1O)c1ccc(NC2CC2)c([N+](=O)[O-])c1. The average Bonchev–Trinajstić information content (AvgIpc) is 3.25. The number of hydrogen-bond acceptors (Lipinski definition) is 6. The Hall–Kier alpha value is -2.19. The third-order valence-electron chi connectivity index (χ3n) is 4.22. The summed E-state index contributed by atoms with van der Waals surface area (Å²) in [6.07, 6.45) is 1.55. The molecule has 124 valence electrons. The van der Waals surface area contributed by atoms with Crippen LogP contribution in [0.15, 0.2) is 18.2 Å². The number of nitro benzene ring substituents is 1. The molecule has 8 nitrogen and oxygen atoms in total. The lowest BCUT2D eigenvalue weighted by atomic mass is 10.1. The topological polar surface area (TPSA) is 117 Å². The first-order chi connectivity index (χ1) is 11.0. The number of benzene rings is 1. The minimum atomic E-state index is -0.480. The maximum absolute atomic E-state index is 12.2. The van der Waals surface area contributed by atoms with Gasteiger partial charge >= 0.3 is 0 Å². The van der Waals surface area contributed by atoms with E-state index in [-0.39, 0.29) is 23.1 Å². The number of hydrogen-bond donors (Lipinski definition) is 4. The van der Waals surface area contributed by atoms with Crippen molar-refractivity contribution in [3.05, 3.63) is 33.9 Å². The number of aliphatic hydroxyl groups excluding tert-OH is 1. The van der Waals surface area contributed by atoms with E-state index in [0.717, 1.165) is 12.8 Å².